The number of nitrogens with two attached hydrogens (primary N) is 1. The molecule has 0 radical (unpaired) electrons. The molecular formula is C24H24N8O2S. The second-order valence-electron chi connectivity index (χ2n) is 8.43. The number of thiophene rings is 1. The lowest BCUT2D eigenvalue weighted by Crippen LogP contribution is -2.33. The number of hydrogen-bond donors (Lipinski definition) is 4. The lowest BCUT2D eigenvalue weighted by atomic mass is 10.0. The number of hydrogen-bond acceptors (Lipinski definition) is 7. The number of fused-ring (bicyclic) bond motifs is 1. The summed E-state index contributed by atoms with van der Waals surface area (Å²) in [6, 6.07) is 13.0. The van der Waals surface area contributed by atoms with E-state index in [1.54, 1.807) is 32.3 Å². The number of nitrogens with one attached hydrogen (secondary N) is 3. The van der Waals surface area contributed by atoms with Crippen molar-refractivity contribution in [3.63, 3.8) is 0 Å². The van der Waals surface area contributed by atoms with Crippen LogP contribution in [0.1, 0.15) is 23.5 Å². The highest BCUT2D eigenvalue weighted by Gasteiger charge is 2.18. The Balaban J connectivity index is 1.51. The lowest BCUT2D eigenvalue weighted by Gasteiger charge is -2.14. The average Bonchev–Trinajstić information content (AvgIpc) is 3.57. The van der Waals surface area contributed by atoms with Crippen molar-refractivity contribution in [2.24, 2.45) is 5.73 Å². The largest absolute Gasteiger partial charge is 0.350 e. The molecule has 0 fully saturated rings. The second kappa shape index (κ2) is 9.92. The molecule has 0 spiro atoms. The van der Waals surface area contributed by atoms with E-state index in [-0.39, 0.29) is 18.0 Å². The van der Waals surface area contributed by atoms with Crippen molar-refractivity contribution >= 4 is 40.1 Å². The Bertz CT molecular complexity index is 1430. The zero-order valence-corrected chi connectivity index (χ0v) is 20.0. The first-order valence-electron chi connectivity index (χ1n) is 10.8. The second-order valence-corrected chi connectivity index (χ2v) is 9.51. The maximum Gasteiger partial charge on any atom is 0.268 e. The molecule has 0 aliphatic heterocycles. The summed E-state index contributed by atoms with van der Waals surface area (Å²) < 4.78 is 1.82. The van der Waals surface area contributed by atoms with E-state index in [0.717, 1.165) is 16.0 Å². The first-order valence-corrected chi connectivity index (χ1v) is 11.6. The van der Waals surface area contributed by atoms with Gasteiger partial charge in [-0.1, -0.05) is 12.1 Å². The van der Waals surface area contributed by atoms with Gasteiger partial charge >= 0.3 is 0 Å². The van der Waals surface area contributed by atoms with Gasteiger partial charge in [-0.05, 0) is 44.2 Å². The molecule has 3 heterocycles. The number of para-hydroxylation sites is 2. The molecule has 1 aromatic carbocycles. The van der Waals surface area contributed by atoms with Crippen LogP contribution in [0, 0.1) is 11.3 Å². The van der Waals surface area contributed by atoms with Gasteiger partial charge in [0.05, 0.1) is 22.1 Å². The van der Waals surface area contributed by atoms with Crippen molar-refractivity contribution in [1.82, 2.24) is 25.1 Å². The van der Waals surface area contributed by atoms with E-state index in [1.807, 2.05) is 41.0 Å². The maximum atomic E-state index is 13.0. The number of nitrogens with zero attached hydrogens (tertiary/aromatic N) is 4. The molecule has 178 valence electrons. The van der Waals surface area contributed by atoms with Gasteiger partial charge in [0.2, 0.25) is 5.95 Å². The van der Waals surface area contributed by atoms with Gasteiger partial charge in [0.15, 0.2) is 0 Å². The van der Waals surface area contributed by atoms with E-state index in [9.17, 15) is 14.9 Å². The number of rotatable bonds is 8. The SMILES string of the molecule is CC(C)(N)/C=C(\C#N)C(=O)NCCn1c(NC(=O)c2ccc(-c3cn[nH]c3)s2)nc2ccccc21. The number of aromatic nitrogens is 4. The Morgan fingerprint density at radius 1 is 1.29 bits per heavy atom. The normalized spacial score (nSPS) is 11.9. The maximum absolute atomic E-state index is 13.0. The minimum Gasteiger partial charge on any atom is -0.350 e. The van der Waals surface area contributed by atoms with Gasteiger partial charge in [0.1, 0.15) is 11.6 Å². The average molecular weight is 489 g/mol. The summed E-state index contributed by atoms with van der Waals surface area (Å²) in [7, 11) is 0. The van der Waals surface area contributed by atoms with E-state index in [1.165, 1.54) is 17.4 Å². The summed E-state index contributed by atoms with van der Waals surface area (Å²) in [6.45, 7) is 3.96. The van der Waals surface area contributed by atoms with Crippen molar-refractivity contribution in [1.29, 1.82) is 5.26 Å². The number of imidazole rings is 1. The molecule has 0 unspecified atom stereocenters. The number of benzene rings is 1. The minimum absolute atomic E-state index is 0.0485. The van der Waals surface area contributed by atoms with Crippen LogP contribution in [0.2, 0.25) is 0 Å². The smallest absolute Gasteiger partial charge is 0.268 e. The Kier molecular flexibility index (Phi) is 6.77. The highest BCUT2D eigenvalue weighted by Crippen LogP contribution is 2.28. The van der Waals surface area contributed by atoms with Crippen LogP contribution in [0.25, 0.3) is 21.5 Å². The number of carbonyl (C=O) groups is 2. The number of carbonyl (C=O) groups excluding carboxylic acids is 2. The molecule has 3 aromatic heterocycles. The summed E-state index contributed by atoms with van der Waals surface area (Å²) in [6.07, 6.45) is 4.89. The van der Waals surface area contributed by atoms with Gasteiger partial charge in [-0.2, -0.15) is 10.4 Å². The monoisotopic (exact) mass is 488 g/mol. The fourth-order valence-corrected chi connectivity index (χ4v) is 4.34. The van der Waals surface area contributed by atoms with E-state index >= 15 is 0 Å². The van der Waals surface area contributed by atoms with Crippen molar-refractivity contribution in [2.45, 2.75) is 25.9 Å². The standard InChI is InChI=1S/C24H24N8O2S/c1-24(2,26)11-15(12-25)21(33)27-9-10-32-18-6-4-3-5-17(18)30-23(32)31-22(34)20-8-7-19(35-20)16-13-28-29-14-16/h3-8,11,13-14H,9-10,26H2,1-2H3,(H,27,33)(H,28,29)(H,30,31,34)/b15-11+. The van der Waals surface area contributed by atoms with Crippen LogP contribution in [0.15, 0.2) is 60.4 Å². The number of amides is 2. The minimum atomic E-state index is -0.792. The molecular weight excluding hydrogens is 464 g/mol. The van der Waals surface area contributed by atoms with E-state index in [4.69, 9.17) is 5.73 Å². The van der Waals surface area contributed by atoms with Gasteiger partial charge < -0.3 is 15.6 Å². The zero-order valence-electron chi connectivity index (χ0n) is 19.2. The predicted octanol–water partition coefficient (Wildman–Crippen LogP) is 3.04. The molecule has 4 aromatic rings. The third-order valence-electron chi connectivity index (χ3n) is 4.99. The highest BCUT2D eigenvalue weighted by atomic mass is 32.1. The molecule has 0 atom stereocenters. The molecule has 2 amide bonds. The van der Waals surface area contributed by atoms with Crippen LogP contribution in [-0.4, -0.2) is 43.6 Å². The Morgan fingerprint density at radius 2 is 2.09 bits per heavy atom. The summed E-state index contributed by atoms with van der Waals surface area (Å²) in [5.74, 6) is -0.431. The predicted molar refractivity (Wildman–Crippen MR) is 135 cm³/mol. The number of aromatic amines is 1. The number of anilines is 1. The van der Waals surface area contributed by atoms with Crippen LogP contribution in [0.3, 0.4) is 0 Å². The Morgan fingerprint density at radius 3 is 2.80 bits per heavy atom. The van der Waals surface area contributed by atoms with Crippen molar-refractivity contribution in [3.05, 3.63) is 65.3 Å². The molecule has 0 aliphatic carbocycles. The molecule has 0 saturated heterocycles. The molecule has 4 rings (SSSR count). The molecule has 10 nitrogen and oxygen atoms in total. The lowest BCUT2D eigenvalue weighted by molar-refractivity contribution is -0.117. The van der Waals surface area contributed by atoms with Gasteiger partial charge in [0.25, 0.3) is 11.8 Å². The first-order chi connectivity index (χ1) is 16.7. The molecule has 0 saturated carbocycles. The number of H-pyrrole nitrogens is 1. The Hall–Kier alpha value is -4.27. The summed E-state index contributed by atoms with van der Waals surface area (Å²) in [5, 5.41) is 21.6. The third-order valence-corrected chi connectivity index (χ3v) is 6.13. The Labute approximate surface area is 205 Å². The summed E-state index contributed by atoms with van der Waals surface area (Å²) in [4.78, 5) is 31.4. The van der Waals surface area contributed by atoms with Gasteiger partial charge in [0, 0.05) is 35.3 Å². The van der Waals surface area contributed by atoms with Gasteiger partial charge in [-0.3, -0.25) is 20.0 Å². The topological polar surface area (TPSA) is 155 Å². The fourth-order valence-electron chi connectivity index (χ4n) is 3.46. The third kappa shape index (κ3) is 5.63. The zero-order chi connectivity index (χ0) is 25.0. The molecule has 11 heteroatoms. The first kappa shape index (κ1) is 23.9. The van der Waals surface area contributed by atoms with Crippen LogP contribution in [0.4, 0.5) is 5.95 Å². The highest BCUT2D eigenvalue weighted by molar-refractivity contribution is 7.17. The van der Waals surface area contributed by atoms with E-state index in [0.29, 0.717) is 22.9 Å². The van der Waals surface area contributed by atoms with Gasteiger partial charge in [-0.25, -0.2) is 4.98 Å². The van der Waals surface area contributed by atoms with Crippen molar-refractivity contribution in [2.75, 3.05) is 11.9 Å². The molecule has 0 aliphatic rings. The quantitative estimate of drug-likeness (QED) is 0.221. The summed E-state index contributed by atoms with van der Waals surface area (Å²) in [5.41, 5.74) is 7.48. The van der Waals surface area contributed by atoms with Crippen LogP contribution in [-0.2, 0) is 11.3 Å². The van der Waals surface area contributed by atoms with E-state index < -0.39 is 11.4 Å². The van der Waals surface area contributed by atoms with Crippen LogP contribution >= 0.6 is 11.3 Å². The molecule has 5 N–H and O–H groups in total. The molecule has 35 heavy (non-hydrogen) atoms. The van der Waals surface area contributed by atoms with Crippen molar-refractivity contribution < 1.29 is 9.59 Å². The fraction of sp³-hybridized carbons (Fsp3) is 0.208. The van der Waals surface area contributed by atoms with Crippen molar-refractivity contribution in [3.8, 4) is 16.5 Å². The van der Waals surface area contributed by atoms with Gasteiger partial charge in [-0.15, -0.1) is 11.3 Å². The van der Waals surface area contributed by atoms with Crippen LogP contribution in [0.5, 0.6) is 0 Å². The summed E-state index contributed by atoms with van der Waals surface area (Å²) >= 11 is 1.35. The van der Waals surface area contributed by atoms with Crippen LogP contribution < -0.4 is 16.4 Å². The van der Waals surface area contributed by atoms with E-state index in [2.05, 4.69) is 25.8 Å². The number of nitriles is 1. The molecule has 0 bridgehead atoms.